The quantitative estimate of drug-likeness (QED) is 0.890. The van der Waals surface area contributed by atoms with E-state index in [4.69, 9.17) is 5.73 Å². The third-order valence-corrected chi connectivity index (χ3v) is 3.46. The van der Waals surface area contributed by atoms with Gasteiger partial charge in [-0.25, -0.2) is 0 Å². The zero-order chi connectivity index (χ0) is 12.3. The maximum Gasteiger partial charge on any atom is 0.237 e. The van der Waals surface area contributed by atoms with Gasteiger partial charge in [0, 0.05) is 11.0 Å². The summed E-state index contributed by atoms with van der Waals surface area (Å²) in [6.45, 7) is 6.22. The number of aryl methyl sites for hydroxylation is 1. The SMILES string of the molecule is Cc1cc(CNC(C)(C)C(N)=O)ccc1Br. The van der Waals surface area contributed by atoms with E-state index in [1.165, 1.54) is 5.56 Å². The molecule has 0 aliphatic heterocycles. The Morgan fingerprint density at radius 1 is 1.50 bits per heavy atom. The fourth-order valence-corrected chi connectivity index (χ4v) is 1.47. The van der Waals surface area contributed by atoms with Gasteiger partial charge in [-0.05, 0) is 38.0 Å². The number of amides is 1. The molecule has 0 atom stereocenters. The fourth-order valence-electron chi connectivity index (χ4n) is 1.23. The number of nitrogens with two attached hydrogens (primary N) is 1. The fraction of sp³-hybridized carbons (Fsp3) is 0.417. The Morgan fingerprint density at radius 2 is 2.12 bits per heavy atom. The molecule has 0 aliphatic rings. The van der Waals surface area contributed by atoms with Crippen molar-refractivity contribution in [3.63, 3.8) is 0 Å². The first-order valence-corrected chi connectivity index (χ1v) is 5.92. The van der Waals surface area contributed by atoms with E-state index in [1.807, 2.05) is 19.1 Å². The monoisotopic (exact) mass is 284 g/mol. The molecular formula is C12H17BrN2O. The number of hydrogen-bond donors (Lipinski definition) is 2. The molecule has 0 unspecified atom stereocenters. The Kier molecular flexibility index (Phi) is 4.10. The van der Waals surface area contributed by atoms with Gasteiger partial charge in [0.05, 0.1) is 5.54 Å². The summed E-state index contributed by atoms with van der Waals surface area (Å²) in [5, 5.41) is 3.13. The third kappa shape index (κ3) is 3.32. The zero-order valence-corrected chi connectivity index (χ0v) is 11.4. The van der Waals surface area contributed by atoms with Gasteiger partial charge in [0.1, 0.15) is 0 Å². The summed E-state index contributed by atoms with van der Waals surface area (Å²) in [5.74, 6) is -0.346. The van der Waals surface area contributed by atoms with Gasteiger partial charge >= 0.3 is 0 Å². The Hall–Kier alpha value is -0.870. The van der Waals surface area contributed by atoms with E-state index in [0.29, 0.717) is 6.54 Å². The highest BCUT2D eigenvalue weighted by molar-refractivity contribution is 9.10. The molecule has 0 bridgehead atoms. The minimum Gasteiger partial charge on any atom is -0.368 e. The molecule has 0 fully saturated rings. The second kappa shape index (κ2) is 4.97. The number of hydrogen-bond acceptors (Lipinski definition) is 2. The molecule has 3 nitrogen and oxygen atoms in total. The van der Waals surface area contributed by atoms with Crippen LogP contribution >= 0.6 is 15.9 Å². The Balaban J connectivity index is 2.68. The standard InChI is InChI=1S/C12H17BrN2O/c1-8-6-9(4-5-10(8)13)7-15-12(2,3)11(14)16/h4-6,15H,7H2,1-3H3,(H2,14,16). The molecule has 3 N–H and O–H groups in total. The highest BCUT2D eigenvalue weighted by Gasteiger charge is 2.23. The summed E-state index contributed by atoms with van der Waals surface area (Å²) < 4.78 is 1.09. The highest BCUT2D eigenvalue weighted by Crippen LogP contribution is 2.17. The van der Waals surface area contributed by atoms with Crippen molar-refractivity contribution in [2.75, 3.05) is 0 Å². The van der Waals surface area contributed by atoms with Crippen LogP contribution in [0, 0.1) is 6.92 Å². The van der Waals surface area contributed by atoms with Gasteiger partial charge in [-0.15, -0.1) is 0 Å². The highest BCUT2D eigenvalue weighted by atomic mass is 79.9. The summed E-state index contributed by atoms with van der Waals surface area (Å²) >= 11 is 3.45. The molecular weight excluding hydrogens is 268 g/mol. The lowest BCUT2D eigenvalue weighted by molar-refractivity contribution is -0.123. The van der Waals surface area contributed by atoms with Crippen LogP contribution in [-0.4, -0.2) is 11.4 Å². The smallest absolute Gasteiger partial charge is 0.237 e. The average molecular weight is 285 g/mol. The van der Waals surface area contributed by atoms with Crippen LogP contribution in [-0.2, 0) is 11.3 Å². The summed E-state index contributed by atoms with van der Waals surface area (Å²) in [6.07, 6.45) is 0. The van der Waals surface area contributed by atoms with Gasteiger partial charge in [0.25, 0.3) is 0 Å². The van der Waals surface area contributed by atoms with Gasteiger partial charge in [0.2, 0.25) is 5.91 Å². The second-order valence-electron chi connectivity index (χ2n) is 4.43. The van der Waals surface area contributed by atoms with Crippen LogP contribution in [0.15, 0.2) is 22.7 Å². The van der Waals surface area contributed by atoms with E-state index in [0.717, 1.165) is 10.0 Å². The maximum absolute atomic E-state index is 11.1. The van der Waals surface area contributed by atoms with Gasteiger partial charge in [-0.2, -0.15) is 0 Å². The lowest BCUT2D eigenvalue weighted by Crippen LogP contribution is -2.50. The number of halogens is 1. The molecule has 88 valence electrons. The zero-order valence-electron chi connectivity index (χ0n) is 9.80. The largest absolute Gasteiger partial charge is 0.368 e. The van der Waals surface area contributed by atoms with Gasteiger partial charge in [0.15, 0.2) is 0 Å². The Morgan fingerprint density at radius 3 is 2.62 bits per heavy atom. The number of carbonyl (C=O) groups is 1. The molecule has 0 heterocycles. The van der Waals surface area contributed by atoms with Crippen LogP contribution < -0.4 is 11.1 Å². The number of nitrogens with one attached hydrogen (secondary N) is 1. The Labute approximate surface area is 105 Å². The van der Waals surface area contributed by atoms with Crippen molar-refractivity contribution < 1.29 is 4.79 Å². The van der Waals surface area contributed by atoms with E-state index in [-0.39, 0.29) is 5.91 Å². The van der Waals surface area contributed by atoms with Crippen molar-refractivity contribution in [2.45, 2.75) is 32.9 Å². The summed E-state index contributed by atoms with van der Waals surface area (Å²) in [6, 6.07) is 6.10. The molecule has 0 spiro atoms. The topological polar surface area (TPSA) is 55.1 Å². The van der Waals surface area contributed by atoms with E-state index >= 15 is 0 Å². The molecule has 1 aromatic rings. The first-order valence-electron chi connectivity index (χ1n) is 5.13. The lowest BCUT2D eigenvalue weighted by Gasteiger charge is -2.22. The van der Waals surface area contributed by atoms with Crippen LogP contribution in [0.1, 0.15) is 25.0 Å². The van der Waals surface area contributed by atoms with Crippen molar-refractivity contribution in [3.05, 3.63) is 33.8 Å². The van der Waals surface area contributed by atoms with Crippen molar-refractivity contribution in [3.8, 4) is 0 Å². The maximum atomic E-state index is 11.1. The second-order valence-corrected chi connectivity index (χ2v) is 5.28. The van der Waals surface area contributed by atoms with E-state index in [2.05, 4.69) is 27.3 Å². The lowest BCUT2D eigenvalue weighted by atomic mass is 10.0. The molecule has 1 rings (SSSR count). The summed E-state index contributed by atoms with van der Waals surface area (Å²) in [4.78, 5) is 11.1. The molecule has 1 aromatic carbocycles. The number of primary amides is 1. The molecule has 0 saturated heterocycles. The molecule has 4 heteroatoms. The van der Waals surface area contributed by atoms with Gasteiger partial charge < -0.3 is 5.73 Å². The first kappa shape index (κ1) is 13.2. The Bertz CT molecular complexity index is 402. The van der Waals surface area contributed by atoms with Gasteiger partial charge in [-0.1, -0.05) is 28.1 Å². The third-order valence-electron chi connectivity index (χ3n) is 2.57. The predicted molar refractivity (Wildman–Crippen MR) is 69.0 cm³/mol. The number of carbonyl (C=O) groups excluding carboxylic acids is 1. The van der Waals surface area contributed by atoms with E-state index in [9.17, 15) is 4.79 Å². The van der Waals surface area contributed by atoms with Crippen molar-refractivity contribution in [1.29, 1.82) is 0 Å². The van der Waals surface area contributed by atoms with E-state index < -0.39 is 5.54 Å². The normalized spacial score (nSPS) is 11.5. The predicted octanol–water partition coefficient (Wildman–Crippen LogP) is 2.11. The molecule has 1 amide bonds. The average Bonchev–Trinajstić information content (AvgIpc) is 2.20. The molecule has 0 aliphatic carbocycles. The van der Waals surface area contributed by atoms with Crippen molar-refractivity contribution >= 4 is 21.8 Å². The molecule has 0 radical (unpaired) electrons. The van der Waals surface area contributed by atoms with Crippen molar-refractivity contribution in [2.24, 2.45) is 5.73 Å². The van der Waals surface area contributed by atoms with Gasteiger partial charge in [-0.3, -0.25) is 10.1 Å². The van der Waals surface area contributed by atoms with Crippen LogP contribution in [0.25, 0.3) is 0 Å². The minimum absolute atomic E-state index is 0.346. The van der Waals surface area contributed by atoms with Crippen LogP contribution in [0.2, 0.25) is 0 Å². The summed E-state index contributed by atoms with van der Waals surface area (Å²) in [5.41, 5.74) is 6.91. The first-order chi connectivity index (χ1) is 7.33. The molecule has 0 aromatic heterocycles. The molecule has 0 saturated carbocycles. The summed E-state index contributed by atoms with van der Waals surface area (Å²) in [7, 11) is 0. The van der Waals surface area contributed by atoms with Crippen LogP contribution in [0.5, 0.6) is 0 Å². The molecule has 16 heavy (non-hydrogen) atoms. The minimum atomic E-state index is -0.680. The number of rotatable bonds is 4. The van der Waals surface area contributed by atoms with Crippen molar-refractivity contribution in [1.82, 2.24) is 5.32 Å². The number of benzene rings is 1. The van der Waals surface area contributed by atoms with Crippen LogP contribution in [0.4, 0.5) is 0 Å². The van der Waals surface area contributed by atoms with Crippen LogP contribution in [0.3, 0.4) is 0 Å². The van der Waals surface area contributed by atoms with E-state index in [1.54, 1.807) is 13.8 Å².